The Morgan fingerprint density at radius 3 is 2.77 bits per heavy atom. The Bertz CT molecular complexity index is 912. The lowest BCUT2D eigenvalue weighted by molar-refractivity contribution is -0.116. The predicted octanol–water partition coefficient (Wildman–Crippen LogP) is 4.37. The molecule has 0 aliphatic rings. The first kappa shape index (κ1) is 18.5. The van der Waals surface area contributed by atoms with Gasteiger partial charge in [-0.3, -0.25) is 9.36 Å². The van der Waals surface area contributed by atoms with Gasteiger partial charge in [-0.2, -0.15) is 0 Å². The smallest absolute Gasteiger partial charge is 0.237 e. The Morgan fingerprint density at radius 2 is 2.04 bits per heavy atom. The summed E-state index contributed by atoms with van der Waals surface area (Å²) in [5.41, 5.74) is 2.88. The van der Waals surface area contributed by atoms with Gasteiger partial charge in [0.05, 0.1) is 11.4 Å². The van der Waals surface area contributed by atoms with Crippen molar-refractivity contribution in [3.05, 3.63) is 65.4 Å². The molecule has 0 bridgehead atoms. The van der Waals surface area contributed by atoms with Crippen molar-refractivity contribution in [1.82, 2.24) is 14.8 Å². The van der Waals surface area contributed by atoms with E-state index in [9.17, 15) is 4.79 Å². The standard InChI is InChI=1S/C19H19ClN4OS/c1-3-23(17-10-5-4-7-14(17)2)18(25)12-26-19-22-21-13-24(19)16-9-6-8-15(20)11-16/h4-11,13H,3,12H2,1-2H3. The van der Waals surface area contributed by atoms with Crippen LogP contribution in [0.3, 0.4) is 0 Å². The molecule has 0 atom stereocenters. The molecule has 1 aromatic heterocycles. The maximum absolute atomic E-state index is 12.8. The molecule has 3 rings (SSSR count). The summed E-state index contributed by atoms with van der Waals surface area (Å²) in [6.07, 6.45) is 1.62. The molecule has 0 saturated heterocycles. The number of aryl methyl sites for hydroxylation is 1. The highest BCUT2D eigenvalue weighted by atomic mass is 35.5. The fourth-order valence-corrected chi connectivity index (χ4v) is 3.67. The molecule has 0 spiro atoms. The van der Waals surface area contributed by atoms with E-state index < -0.39 is 0 Å². The lowest BCUT2D eigenvalue weighted by atomic mass is 10.2. The second-order valence-corrected chi connectivity index (χ2v) is 7.06. The number of para-hydroxylation sites is 1. The van der Waals surface area contributed by atoms with Gasteiger partial charge in [0, 0.05) is 17.3 Å². The first-order valence-corrected chi connectivity index (χ1v) is 9.61. The highest BCUT2D eigenvalue weighted by Crippen LogP contribution is 2.24. The second-order valence-electron chi connectivity index (χ2n) is 5.68. The molecule has 0 fully saturated rings. The molecule has 3 aromatic rings. The monoisotopic (exact) mass is 386 g/mol. The predicted molar refractivity (Wildman–Crippen MR) is 106 cm³/mol. The number of benzene rings is 2. The highest BCUT2D eigenvalue weighted by molar-refractivity contribution is 7.99. The summed E-state index contributed by atoms with van der Waals surface area (Å²) in [6.45, 7) is 4.60. The molecule has 134 valence electrons. The van der Waals surface area contributed by atoms with Crippen LogP contribution < -0.4 is 4.90 Å². The Morgan fingerprint density at radius 1 is 1.23 bits per heavy atom. The van der Waals surface area contributed by atoms with E-state index in [0.717, 1.165) is 16.9 Å². The van der Waals surface area contributed by atoms with Crippen molar-refractivity contribution in [2.24, 2.45) is 0 Å². The number of nitrogens with zero attached hydrogens (tertiary/aromatic N) is 4. The maximum atomic E-state index is 12.8. The van der Waals surface area contributed by atoms with Crippen LogP contribution in [0.2, 0.25) is 5.02 Å². The number of amides is 1. The normalized spacial score (nSPS) is 10.7. The van der Waals surface area contributed by atoms with Crippen LogP contribution in [-0.4, -0.2) is 33.0 Å². The summed E-state index contributed by atoms with van der Waals surface area (Å²) >= 11 is 7.42. The molecule has 0 radical (unpaired) electrons. The number of thioether (sulfide) groups is 1. The van der Waals surface area contributed by atoms with Crippen molar-refractivity contribution < 1.29 is 4.79 Å². The summed E-state index contributed by atoms with van der Waals surface area (Å²) in [6, 6.07) is 15.3. The number of hydrogen-bond donors (Lipinski definition) is 0. The molecule has 1 heterocycles. The lowest BCUT2D eigenvalue weighted by Crippen LogP contribution is -2.32. The topological polar surface area (TPSA) is 51.0 Å². The maximum Gasteiger partial charge on any atom is 0.237 e. The zero-order chi connectivity index (χ0) is 18.5. The summed E-state index contributed by atoms with van der Waals surface area (Å²) in [5, 5.41) is 9.39. The Labute approximate surface area is 162 Å². The van der Waals surface area contributed by atoms with E-state index in [-0.39, 0.29) is 11.7 Å². The second kappa shape index (κ2) is 8.38. The first-order valence-electron chi connectivity index (χ1n) is 8.25. The fraction of sp³-hybridized carbons (Fsp3) is 0.211. The van der Waals surface area contributed by atoms with Gasteiger partial charge in [0.25, 0.3) is 0 Å². The van der Waals surface area contributed by atoms with E-state index in [1.807, 2.05) is 66.9 Å². The van der Waals surface area contributed by atoms with Crippen LogP contribution >= 0.6 is 23.4 Å². The molecular weight excluding hydrogens is 368 g/mol. The Balaban J connectivity index is 1.74. The minimum absolute atomic E-state index is 0.0347. The number of halogens is 1. The minimum atomic E-state index is 0.0347. The van der Waals surface area contributed by atoms with E-state index in [4.69, 9.17) is 11.6 Å². The number of hydrogen-bond acceptors (Lipinski definition) is 4. The van der Waals surface area contributed by atoms with Crippen molar-refractivity contribution in [3.63, 3.8) is 0 Å². The van der Waals surface area contributed by atoms with Crippen molar-refractivity contribution in [2.75, 3.05) is 17.2 Å². The third-order valence-corrected chi connectivity index (χ3v) is 5.11. The highest BCUT2D eigenvalue weighted by Gasteiger charge is 2.17. The molecule has 0 aliphatic carbocycles. The average molecular weight is 387 g/mol. The number of carbonyl (C=O) groups excluding carboxylic acids is 1. The first-order chi connectivity index (χ1) is 12.6. The zero-order valence-corrected chi connectivity index (χ0v) is 16.2. The van der Waals surface area contributed by atoms with Gasteiger partial charge in [0.15, 0.2) is 5.16 Å². The van der Waals surface area contributed by atoms with Gasteiger partial charge in [-0.25, -0.2) is 0 Å². The zero-order valence-electron chi connectivity index (χ0n) is 14.6. The van der Waals surface area contributed by atoms with Gasteiger partial charge in [0.2, 0.25) is 5.91 Å². The van der Waals surface area contributed by atoms with Crippen LogP contribution in [0.5, 0.6) is 0 Å². The number of rotatable bonds is 6. The molecule has 0 N–H and O–H groups in total. The van der Waals surface area contributed by atoms with Crippen LogP contribution in [0, 0.1) is 6.92 Å². The molecule has 2 aromatic carbocycles. The van der Waals surface area contributed by atoms with Gasteiger partial charge < -0.3 is 4.90 Å². The van der Waals surface area contributed by atoms with Gasteiger partial charge in [-0.15, -0.1) is 10.2 Å². The van der Waals surface area contributed by atoms with Crippen LogP contribution in [-0.2, 0) is 4.79 Å². The van der Waals surface area contributed by atoms with Crippen LogP contribution in [0.1, 0.15) is 12.5 Å². The molecule has 0 saturated carbocycles. The molecule has 0 aliphatic heterocycles. The van der Waals surface area contributed by atoms with E-state index in [2.05, 4.69) is 10.2 Å². The molecule has 7 heteroatoms. The van der Waals surface area contributed by atoms with Gasteiger partial charge >= 0.3 is 0 Å². The molecule has 1 amide bonds. The minimum Gasteiger partial charge on any atom is -0.312 e. The van der Waals surface area contributed by atoms with E-state index in [0.29, 0.717) is 16.7 Å². The summed E-state index contributed by atoms with van der Waals surface area (Å²) in [7, 11) is 0. The Hall–Kier alpha value is -2.31. The third kappa shape index (κ3) is 4.08. The van der Waals surface area contributed by atoms with E-state index >= 15 is 0 Å². The SMILES string of the molecule is CCN(C(=O)CSc1nncn1-c1cccc(Cl)c1)c1ccccc1C. The van der Waals surface area contributed by atoms with Gasteiger partial charge in [0.1, 0.15) is 6.33 Å². The van der Waals surface area contributed by atoms with E-state index in [1.165, 1.54) is 11.8 Å². The van der Waals surface area contributed by atoms with Crippen molar-refractivity contribution >= 4 is 35.0 Å². The molecule has 0 unspecified atom stereocenters. The van der Waals surface area contributed by atoms with Crippen molar-refractivity contribution in [3.8, 4) is 5.69 Å². The van der Waals surface area contributed by atoms with Crippen molar-refractivity contribution in [2.45, 2.75) is 19.0 Å². The number of anilines is 1. The Kier molecular flexibility index (Phi) is 5.96. The molecule has 26 heavy (non-hydrogen) atoms. The molecular formula is C19H19ClN4OS. The quantitative estimate of drug-likeness (QED) is 0.590. The number of aromatic nitrogens is 3. The van der Waals surface area contributed by atoms with Gasteiger partial charge in [-0.1, -0.05) is 47.6 Å². The van der Waals surface area contributed by atoms with E-state index in [1.54, 1.807) is 11.2 Å². The largest absolute Gasteiger partial charge is 0.312 e. The van der Waals surface area contributed by atoms with Crippen molar-refractivity contribution in [1.29, 1.82) is 0 Å². The summed E-state index contributed by atoms with van der Waals surface area (Å²) in [4.78, 5) is 14.5. The third-order valence-electron chi connectivity index (χ3n) is 3.95. The summed E-state index contributed by atoms with van der Waals surface area (Å²) in [5.74, 6) is 0.314. The lowest BCUT2D eigenvalue weighted by Gasteiger charge is -2.22. The molecule has 5 nitrogen and oxygen atoms in total. The van der Waals surface area contributed by atoms with Crippen LogP contribution in [0.15, 0.2) is 60.0 Å². The number of carbonyl (C=O) groups is 1. The average Bonchev–Trinajstić information content (AvgIpc) is 3.11. The van der Waals surface area contributed by atoms with Crippen LogP contribution in [0.4, 0.5) is 5.69 Å². The van der Waals surface area contributed by atoms with Crippen LogP contribution in [0.25, 0.3) is 5.69 Å². The fourth-order valence-electron chi connectivity index (χ4n) is 2.68. The summed E-state index contributed by atoms with van der Waals surface area (Å²) < 4.78 is 1.83. The van der Waals surface area contributed by atoms with Gasteiger partial charge in [-0.05, 0) is 43.7 Å².